The number of benzene rings is 1. The van der Waals surface area contributed by atoms with E-state index in [1.807, 2.05) is 24.3 Å². The van der Waals surface area contributed by atoms with Crippen molar-refractivity contribution in [1.82, 2.24) is 9.88 Å². The monoisotopic (exact) mass is 342 g/mol. The first-order chi connectivity index (χ1) is 12.2. The van der Waals surface area contributed by atoms with Gasteiger partial charge in [0, 0.05) is 24.2 Å². The maximum atomic E-state index is 9.79. The quantitative estimate of drug-likeness (QED) is 0.660. The molecule has 0 radical (unpaired) electrons. The average molecular weight is 342 g/mol. The van der Waals surface area contributed by atoms with E-state index in [2.05, 4.69) is 16.8 Å². The van der Waals surface area contributed by atoms with E-state index in [0.29, 0.717) is 0 Å². The second kappa shape index (κ2) is 6.90. The van der Waals surface area contributed by atoms with Crippen LogP contribution in [-0.4, -0.2) is 41.4 Å². The lowest BCUT2D eigenvalue weighted by atomic mass is 9.72. The molecule has 1 unspecified atom stereocenters. The summed E-state index contributed by atoms with van der Waals surface area (Å²) in [5, 5.41) is 10.8. The lowest BCUT2D eigenvalue weighted by Crippen LogP contribution is -2.55. The van der Waals surface area contributed by atoms with E-state index < -0.39 is 0 Å². The van der Waals surface area contributed by atoms with Gasteiger partial charge >= 0.3 is 0 Å². The van der Waals surface area contributed by atoms with Crippen LogP contribution in [-0.2, 0) is 4.89 Å². The zero-order chi connectivity index (χ0) is 17.4. The van der Waals surface area contributed by atoms with E-state index in [9.17, 15) is 5.26 Å². The summed E-state index contributed by atoms with van der Waals surface area (Å²) in [6.07, 6.45) is 5.00. The van der Waals surface area contributed by atoms with Gasteiger partial charge < -0.3 is 4.74 Å². The summed E-state index contributed by atoms with van der Waals surface area (Å²) in [7, 11) is 1.66. The van der Waals surface area contributed by atoms with Crippen LogP contribution in [0.4, 0.5) is 0 Å². The van der Waals surface area contributed by atoms with Crippen molar-refractivity contribution in [3.8, 4) is 5.75 Å². The number of rotatable bonds is 5. The second-order valence-corrected chi connectivity index (χ2v) is 7.32. The molecule has 0 aliphatic carbocycles. The zero-order valence-corrected chi connectivity index (χ0v) is 14.9. The fourth-order valence-electron chi connectivity index (χ4n) is 4.81. The SMILES string of the molecule is CC[C@H]1CN2CC[C@H]1C[C@@H]2[C@@H](OO)c1ccnc2ccc(OC)cc12. The van der Waals surface area contributed by atoms with E-state index in [-0.39, 0.29) is 12.1 Å². The van der Waals surface area contributed by atoms with E-state index in [4.69, 9.17) is 9.62 Å². The van der Waals surface area contributed by atoms with Crippen molar-refractivity contribution in [1.29, 1.82) is 0 Å². The van der Waals surface area contributed by atoms with Crippen LogP contribution in [0, 0.1) is 11.8 Å². The Balaban J connectivity index is 1.71. The molecule has 5 nitrogen and oxygen atoms in total. The molecule has 4 heterocycles. The molecule has 3 fully saturated rings. The van der Waals surface area contributed by atoms with Crippen LogP contribution in [0.5, 0.6) is 5.75 Å². The molecule has 134 valence electrons. The van der Waals surface area contributed by atoms with Gasteiger partial charge in [-0.25, -0.2) is 4.89 Å². The highest BCUT2D eigenvalue weighted by atomic mass is 17.1. The summed E-state index contributed by atoms with van der Waals surface area (Å²) in [6, 6.07) is 8.01. The van der Waals surface area contributed by atoms with Crippen LogP contribution in [0.25, 0.3) is 10.9 Å². The maximum absolute atomic E-state index is 9.79. The first kappa shape index (κ1) is 16.8. The highest BCUT2D eigenvalue weighted by Crippen LogP contribution is 2.43. The number of pyridine rings is 1. The Labute approximate surface area is 148 Å². The summed E-state index contributed by atoms with van der Waals surface area (Å²) in [6.45, 7) is 4.49. The predicted octanol–water partition coefficient (Wildman–Crippen LogP) is 3.89. The van der Waals surface area contributed by atoms with Gasteiger partial charge in [-0.3, -0.25) is 15.1 Å². The summed E-state index contributed by atoms with van der Waals surface area (Å²) < 4.78 is 5.37. The van der Waals surface area contributed by atoms with Crippen molar-refractivity contribution < 1.29 is 14.9 Å². The van der Waals surface area contributed by atoms with Crippen molar-refractivity contribution in [2.45, 2.75) is 38.3 Å². The summed E-state index contributed by atoms with van der Waals surface area (Å²) >= 11 is 0. The zero-order valence-electron chi connectivity index (χ0n) is 14.9. The Hall–Kier alpha value is -1.69. The topological polar surface area (TPSA) is 54.8 Å². The number of ether oxygens (including phenoxy) is 1. The largest absolute Gasteiger partial charge is 0.497 e. The number of hydrogen-bond acceptors (Lipinski definition) is 5. The molecule has 25 heavy (non-hydrogen) atoms. The van der Waals surface area contributed by atoms with Crippen LogP contribution in [0.2, 0.25) is 0 Å². The lowest BCUT2D eigenvalue weighted by molar-refractivity contribution is -0.300. The standard InChI is InChI=1S/C20H26N2O3/c1-3-13-12-22-9-7-14(13)10-19(22)20(25-23)16-6-8-21-18-5-4-15(24-2)11-17(16)18/h4-6,8,11,13-14,19-20,23H,3,7,9-10,12H2,1-2H3/t13-,14-,19+,20-/m0/s1. The van der Waals surface area contributed by atoms with Crippen molar-refractivity contribution >= 4 is 10.9 Å². The van der Waals surface area contributed by atoms with Crippen molar-refractivity contribution in [3.05, 3.63) is 36.0 Å². The third-order valence-electron chi connectivity index (χ3n) is 6.21. The molecule has 0 amide bonds. The number of aromatic nitrogens is 1. The number of hydrogen-bond donors (Lipinski definition) is 1. The Morgan fingerprint density at radius 2 is 2.24 bits per heavy atom. The van der Waals surface area contributed by atoms with Crippen LogP contribution in [0.1, 0.15) is 37.9 Å². The Bertz CT molecular complexity index is 751. The second-order valence-electron chi connectivity index (χ2n) is 7.32. The molecule has 5 heteroatoms. The molecular formula is C20H26N2O3. The molecule has 5 atom stereocenters. The van der Waals surface area contributed by atoms with Gasteiger partial charge in [-0.1, -0.05) is 13.3 Å². The summed E-state index contributed by atoms with van der Waals surface area (Å²) in [5.74, 6) is 2.30. The summed E-state index contributed by atoms with van der Waals surface area (Å²) in [5.41, 5.74) is 1.87. The highest BCUT2D eigenvalue weighted by Gasteiger charge is 2.43. The van der Waals surface area contributed by atoms with Gasteiger partial charge in [0.2, 0.25) is 0 Å². The fraction of sp³-hybridized carbons (Fsp3) is 0.550. The highest BCUT2D eigenvalue weighted by molar-refractivity contribution is 5.84. The molecule has 2 aromatic rings. The minimum Gasteiger partial charge on any atom is -0.497 e. The Morgan fingerprint density at radius 1 is 1.36 bits per heavy atom. The normalized spacial score (nSPS) is 29.7. The minimum atomic E-state index is -0.363. The first-order valence-electron chi connectivity index (χ1n) is 9.22. The first-order valence-corrected chi connectivity index (χ1v) is 9.22. The van der Waals surface area contributed by atoms with Crippen molar-refractivity contribution in [2.75, 3.05) is 20.2 Å². The molecule has 2 bridgehead atoms. The fourth-order valence-corrected chi connectivity index (χ4v) is 4.81. The van der Waals surface area contributed by atoms with Gasteiger partial charge in [-0.2, -0.15) is 0 Å². The Kier molecular flexibility index (Phi) is 4.63. The van der Waals surface area contributed by atoms with Gasteiger partial charge in [-0.15, -0.1) is 0 Å². The molecule has 1 aromatic heterocycles. The van der Waals surface area contributed by atoms with Gasteiger partial charge in [-0.05, 0) is 61.1 Å². The average Bonchev–Trinajstić information content (AvgIpc) is 2.68. The van der Waals surface area contributed by atoms with Crippen molar-refractivity contribution in [2.24, 2.45) is 11.8 Å². The van der Waals surface area contributed by atoms with Crippen LogP contribution in [0.15, 0.2) is 30.5 Å². The van der Waals surface area contributed by atoms with Crippen LogP contribution in [0.3, 0.4) is 0 Å². The molecule has 1 aromatic carbocycles. The molecule has 3 saturated heterocycles. The summed E-state index contributed by atoms with van der Waals surface area (Å²) in [4.78, 5) is 12.0. The molecule has 3 aliphatic rings. The predicted molar refractivity (Wildman–Crippen MR) is 96.6 cm³/mol. The number of piperidine rings is 3. The van der Waals surface area contributed by atoms with Crippen molar-refractivity contribution in [3.63, 3.8) is 0 Å². The van der Waals surface area contributed by atoms with E-state index in [1.54, 1.807) is 13.3 Å². The number of fused-ring (bicyclic) bond motifs is 4. The minimum absolute atomic E-state index is 0.211. The smallest absolute Gasteiger partial charge is 0.134 e. The van der Waals surface area contributed by atoms with Gasteiger partial charge in [0.25, 0.3) is 0 Å². The molecule has 0 saturated carbocycles. The molecule has 0 spiro atoms. The molecular weight excluding hydrogens is 316 g/mol. The molecule has 5 rings (SSSR count). The van der Waals surface area contributed by atoms with Crippen LogP contribution >= 0.6 is 0 Å². The van der Waals surface area contributed by atoms with E-state index >= 15 is 0 Å². The van der Waals surface area contributed by atoms with Gasteiger partial charge in [0.1, 0.15) is 11.9 Å². The lowest BCUT2D eigenvalue weighted by Gasteiger charge is -2.51. The number of nitrogens with zero attached hydrogens (tertiary/aromatic N) is 2. The van der Waals surface area contributed by atoms with E-state index in [1.165, 1.54) is 12.8 Å². The van der Waals surface area contributed by atoms with Gasteiger partial charge in [0.05, 0.1) is 12.6 Å². The van der Waals surface area contributed by atoms with E-state index in [0.717, 1.165) is 53.6 Å². The molecule has 1 N–H and O–H groups in total. The third kappa shape index (κ3) is 2.90. The third-order valence-corrected chi connectivity index (χ3v) is 6.21. The number of methoxy groups -OCH3 is 1. The maximum Gasteiger partial charge on any atom is 0.134 e. The van der Waals surface area contributed by atoms with Gasteiger partial charge in [0.15, 0.2) is 0 Å². The Morgan fingerprint density at radius 3 is 2.92 bits per heavy atom. The van der Waals surface area contributed by atoms with Crippen LogP contribution < -0.4 is 4.74 Å². The molecule has 3 aliphatic heterocycles.